The van der Waals surface area contributed by atoms with Crippen molar-refractivity contribution in [3.63, 3.8) is 0 Å². The van der Waals surface area contributed by atoms with Crippen LogP contribution in [0.3, 0.4) is 0 Å². The molecule has 2 unspecified atom stereocenters. The van der Waals surface area contributed by atoms with Gasteiger partial charge in [0.2, 0.25) is 0 Å². The molecule has 0 spiro atoms. The van der Waals surface area contributed by atoms with E-state index in [0.29, 0.717) is 0 Å². The molecule has 6 nitrogen and oxygen atoms in total. The van der Waals surface area contributed by atoms with Gasteiger partial charge in [-0.15, -0.1) is 0 Å². The Morgan fingerprint density at radius 1 is 0.778 bits per heavy atom. The molecule has 2 atom stereocenters. The predicted molar refractivity (Wildman–Crippen MR) is 65.6 cm³/mol. The van der Waals surface area contributed by atoms with Crippen molar-refractivity contribution >= 4 is 81.5 Å². The van der Waals surface area contributed by atoms with E-state index in [1.165, 1.54) is 0 Å². The van der Waals surface area contributed by atoms with Gasteiger partial charge >= 0.3 is 11.9 Å². The van der Waals surface area contributed by atoms with Gasteiger partial charge < -0.3 is 19.7 Å². The Morgan fingerprint density at radius 2 is 1.00 bits per heavy atom. The van der Waals surface area contributed by atoms with Crippen molar-refractivity contribution in [3.8, 4) is 0 Å². The molecule has 0 saturated carbocycles. The average Bonchev–Trinajstić information content (AvgIpc) is 2.06. The minimum Gasteiger partial charge on any atom is -0.479 e. The van der Waals surface area contributed by atoms with E-state index in [9.17, 15) is 9.59 Å². The molecule has 12 heteroatoms. The van der Waals surface area contributed by atoms with E-state index in [-0.39, 0.29) is 0 Å². The molecule has 0 heterocycles. The first-order valence-electron chi connectivity index (χ1n) is 3.78. The van der Waals surface area contributed by atoms with Crippen molar-refractivity contribution in [1.82, 2.24) is 0 Å². The van der Waals surface area contributed by atoms with Crippen LogP contribution in [0.15, 0.2) is 0 Å². The Hall–Kier alpha value is 0.600. The van der Waals surface area contributed by atoms with Gasteiger partial charge in [-0.2, -0.15) is 0 Å². The lowest BCUT2D eigenvalue weighted by Crippen LogP contribution is -2.47. The SMILES string of the molecule is O=C(O)C(OC(Cl)(Cl)Cl)C(OC(Cl)(Cl)Cl)C(=O)O. The van der Waals surface area contributed by atoms with Gasteiger partial charge in [0, 0.05) is 0 Å². The Bertz CT molecular complexity index is 290. The molecule has 2 N–H and O–H groups in total. The van der Waals surface area contributed by atoms with Crippen LogP contribution in [0.4, 0.5) is 0 Å². The molecule has 106 valence electrons. The smallest absolute Gasteiger partial charge is 0.336 e. The van der Waals surface area contributed by atoms with E-state index < -0.39 is 32.1 Å². The number of ether oxygens (including phenoxy) is 2. The van der Waals surface area contributed by atoms with E-state index in [1.54, 1.807) is 0 Å². The summed E-state index contributed by atoms with van der Waals surface area (Å²) in [4.78, 5) is 21.7. The normalized spacial score (nSPS) is 16.1. The second-order valence-electron chi connectivity index (χ2n) is 2.64. The number of halogens is 6. The molecular weight excluding hydrogens is 381 g/mol. The molecule has 0 aromatic heterocycles. The zero-order valence-corrected chi connectivity index (χ0v) is 12.5. The van der Waals surface area contributed by atoms with E-state index in [4.69, 9.17) is 79.8 Å². The quantitative estimate of drug-likeness (QED) is 0.708. The first-order chi connectivity index (χ1) is 7.83. The number of alkyl halides is 6. The highest BCUT2D eigenvalue weighted by atomic mass is 35.6. The van der Waals surface area contributed by atoms with Gasteiger partial charge in [-0.05, 0) is 0 Å². The van der Waals surface area contributed by atoms with Crippen LogP contribution in [0.1, 0.15) is 0 Å². The highest BCUT2D eigenvalue weighted by molar-refractivity contribution is 6.66. The molecule has 0 aliphatic carbocycles. The van der Waals surface area contributed by atoms with Crippen molar-refractivity contribution in [1.29, 1.82) is 0 Å². The molecule has 0 rings (SSSR count). The molecule has 18 heavy (non-hydrogen) atoms. The Morgan fingerprint density at radius 3 is 1.11 bits per heavy atom. The Balaban J connectivity index is 5.13. The fourth-order valence-electron chi connectivity index (χ4n) is 0.771. The van der Waals surface area contributed by atoms with E-state index in [1.807, 2.05) is 0 Å². The van der Waals surface area contributed by atoms with Gasteiger partial charge in [-0.3, -0.25) is 0 Å². The highest BCUT2D eigenvalue weighted by Crippen LogP contribution is 2.34. The molecule has 0 bridgehead atoms. The number of hydrogen-bond acceptors (Lipinski definition) is 4. The summed E-state index contributed by atoms with van der Waals surface area (Å²) in [7, 11) is 0. The maximum absolute atomic E-state index is 10.8. The predicted octanol–water partition coefficient (Wildman–Crippen LogP) is 2.58. The summed E-state index contributed by atoms with van der Waals surface area (Å²) in [6.07, 6.45) is -4.41. The van der Waals surface area contributed by atoms with Crippen molar-refractivity contribution in [3.05, 3.63) is 0 Å². The monoisotopic (exact) mass is 382 g/mol. The first-order valence-corrected chi connectivity index (χ1v) is 6.05. The zero-order valence-electron chi connectivity index (χ0n) is 7.95. The minimum absolute atomic E-state index is 1.79. The van der Waals surface area contributed by atoms with Gasteiger partial charge in [0.25, 0.3) is 7.96 Å². The molecule has 0 amide bonds. The summed E-state index contributed by atoms with van der Waals surface area (Å²) >= 11 is 31.1. The third-order valence-electron chi connectivity index (χ3n) is 1.28. The van der Waals surface area contributed by atoms with E-state index >= 15 is 0 Å². The van der Waals surface area contributed by atoms with Crippen molar-refractivity contribution in [2.75, 3.05) is 0 Å². The van der Waals surface area contributed by atoms with Crippen LogP contribution >= 0.6 is 69.6 Å². The second-order valence-corrected chi connectivity index (χ2v) is 7.00. The van der Waals surface area contributed by atoms with Gasteiger partial charge in [0.1, 0.15) is 0 Å². The number of carboxylic acids is 2. The van der Waals surface area contributed by atoms with Gasteiger partial charge in [0.15, 0.2) is 12.2 Å². The molecule has 0 fully saturated rings. The summed E-state index contributed by atoms with van der Waals surface area (Å²) in [6, 6.07) is 0. The lowest BCUT2D eigenvalue weighted by Gasteiger charge is -2.26. The lowest BCUT2D eigenvalue weighted by atomic mass is 10.2. The molecule has 0 aromatic rings. The number of carboxylic acid groups (broad SMARTS) is 2. The van der Waals surface area contributed by atoms with Crippen molar-refractivity contribution < 1.29 is 29.3 Å². The van der Waals surface area contributed by atoms with E-state index in [0.717, 1.165) is 0 Å². The van der Waals surface area contributed by atoms with Crippen molar-refractivity contribution in [2.24, 2.45) is 0 Å². The van der Waals surface area contributed by atoms with Crippen LogP contribution in [-0.2, 0) is 19.1 Å². The summed E-state index contributed by atoms with van der Waals surface area (Å²) in [5, 5.41) is 17.6. The Labute approximate surface area is 131 Å². The summed E-state index contributed by atoms with van der Waals surface area (Å²) in [6.45, 7) is 0. The molecule has 0 aromatic carbocycles. The van der Waals surface area contributed by atoms with Crippen LogP contribution in [-0.4, -0.2) is 42.3 Å². The van der Waals surface area contributed by atoms with E-state index in [2.05, 4.69) is 9.47 Å². The summed E-state index contributed by atoms with van der Waals surface area (Å²) < 4.78 is 3.78. The standard InChI is InChI=1S/C6H4Cl6O6/c7-5(8,9)17-1(3(13)14)2(4(15)16)18-6(10,11)12/h1-2H,(H,13,14)(H,15,16). The second kappa shape index (κ2) is 6.85. The van der Waals surface area contributed by atoms with Gasteiger partial charge in [-0.25, -0.2) is 9.59 Å². The molecule has 0 radical (unpaired) electrons. The fourth-order valence-corrected chi connectivity index (χ4v) is 1.35. The average molecular weight is 385 g/mol. The number of hydrogen-bond donors (Lipinski definition) is 2. The van der Waals surface area contributed by atoms with Crippen LogP contribution < -0.4 is 0 Å². The van der Waals surface area contributed by atoms with Gasteiger partial charge in [-0.1, -0.05) is 69.6 Å². The fraction of sp³-hybridized carbons (Fsp3) is 0.667. The van der Waals surface area contributed by atoms with Crippen molar-refractivity contribution in [2.45, 2.75) is 20.2 Å². The lowest BCUT2D eigenvalue weighted by molar-refractivity contribution is -0.178. The van der Waals surface area contributed by atoms with Crippen LogP contribution in [0, 0.1) is 0 Å². The first kappa shape index (κ1) is 18.6. The largest absolute Gasteiger partial charge is 0.479 e. The van der Waals surface area contributed by atoms with Crippen LogP contribution in [0.5, 0.6) is 0 Å². The topological polar surface area (TPSA) is 93.1 Å². The summed E-state index contributed by atoms with van der Waals surface area (Å²) in [5.74, 6) is -3.58. The number of aliphatic carboxylic acids is 2. The molecule has 0 aliphatic heterocycles. The maximum atomic E-state index is 10.8. The number of rotatable bonds is 5. The van der Waals surface area contributed by atoms with Gasteiger partial charge in [0.05, 0.1) is 0 Å². The highest BCUT2D eigenvalue weighted by Gasteiger charge is 2.44. The Kier molecular flexibility index (Phi) is 7.08. The third kappa shape index (κ3) is 7.91. The maximum Gasteiger partial charge on any atom is 0.336 e. The molecular formula is C6H4Cl6O6. The molecule has 0 saturated heterocycles. The molecule has 0 aliphatic rings. The minimum atomic E-state index is -2.49. The number of carbonyl (C=O) groups is 2. The van der Waals surface area contributed by atoms with Crippen LogP contribution in [0.2, 0.25) is 0 Å². The third-order valence-corrected chi connectivity index (χ3v) is 1.82. The summed E-state index contributed by atoms with van der Waals surface area (Å²) in [5.41, 5.74) is 0. The van der Waals surface area contributed by atoms with Crippen LogP contribution in [0.25, 0.3) is 0 Å². The zero-order chi connectivity index (χ0) is 14.7.